The molecule has 0 rings (SSSR count). The first kappa shape index (κ1) is 48.2. The number of likely N-dealkylation sites (N-methyl/N-ethyl adjacent to an activating group) is 1. The molecular formula is C40H81N2O6P. The van der Waals surface area contributed by atoms with E-state index in [-0.39, 0.29) is 19.1 Å². The quantitative estimate of drug-likeness (QED) is 0.0287. The Balaban J connectivity index is 4.44. The zero-order chi connectivity index (χ0) is 36.5. The number of carbonyl (C=O) groups excluding carboxylic acids is 1. The van der Waals surface area contributed by atoms with Crippen molar-refractivity contribution in [3.05, 3.63) is 12.2 Å². The summed E-state index contributed by atoms with van der Waals surface area (Å²) in [6, 6.07) is -0.809. The molecule has 0 aromatic heterocycles. The molecule has 1 amide bonds. The highest BCUT2D eigenvalue weighted by atomic mass is 31.2. The topological polar surface area (TPSA) is 108 Å². The number of nitrogens with one attached hydrogen (secondary N) is 1. The van der Waals surface area contributed by atoms with Crippen LogP contribution in [0.2, 0.25) is 0 Å². The molecule has 3 atom stereocenters. The molecule has 49 heavy (non-hydrogen) atoms. The average Bonchev–Trinajstić information content (AvgIpc) is 3.04. The maximum Gasteiger partial charge on any atom is 0.268 e. The number of aliphatic hydroxyl groups excluding tert-OH is 1. The van der Waals surface area contributed by atoms with Crippen LogP contribution in [0.25, 0.3) is 0 Å². The molecule has 0 saturated heterocycles. The van der Waals surface area contributed by atoms with Gasteiger partial charge in [0.2, 0.25) is 5.91 Å². The van der Waals surface area contributed by atoms with Crippen LogP contribution in [0.5, 0.6) is 0 Å². The Kier molecular flexibility index (Phi) is 32.6. The predicted octanol–water partition coefficient (Wildman–Crippen LogP) is 10.2. The molecule has 0 bridgehead atoms. The minimum atomic E-state index is -4.56. The molecule has 0 radical (unpaired) electrons. The van der Waals surface area contributed by atoms with E-state index in [9.17, 15) is 19.4 Å². The maximum absolute atomic E-state index is 12.8. The highest BCUT2D eigenvalue weighted by Crippen LogP contribution is 2.38. The summed E-state index contributed by atoms with van der Waals surface area (Å²) in [6.07, 6.45) is 35.0. The SMILES string of the molecule is CCCCCCCCCCCC/C=C/CCCC[C@@H](O)[C@H](COP(=O)([O-])OCC[N+](C)(C)C)NC(=O)CCCCCCCCCCCCC. The van der Waals surface area contributed by atoms with Crippen molar-refractivity contribution in [2.75, 3.05) is 40.9 Å². The van der Waals surface area contributed by atoms with E-state index in [0.29, 0.717) is 23.9 Å². The van der Waals surface area contributed by atoms with Crippen LogP contribution in [0.15, 0.2) is 12.2 Å². The van der Waals surface area contributed by atoms with Gasteiger partial charge < -0.3 is 28.8 Å². The van der Waals surface area contributed by atoms with E-state index in [2.05, 4.69) is 31.3 Å². The van der Waals surface area contributed by atoms with Gasteiger partial charge in [0.25, 0.3) is 7.82 Å². The number of rotatable bonds is 37. The first-order valence-corrected chi connectivity index (χ1v) is 22.0. The number of phosphoric acid groups is 1. The molecule has 0 aliphatic heterocycles. The second kappa shape index (κ2) is 33.1. The third-order valence-corrected chi connectivity index (χ3v) is 10.2. The Morgan fingerprint density at radius 3 is 1.59 bits per heavy atom. The zero-order valence-electron chi connectivity index (χ0n) is 32.9. The van der Waals surface area contributed by atoms with Gasteiger partial charge in [-0.3, -0.25) is 9.36 Å². The Labute approximate surface area is 303 Å². The highest BCUT2D eigenvalue weighted by molar-refractivity contribution is 7.45. The van der Waals surface area contributed by atoms with E-state index < -0.39 is 20.0 Å². The summed E-state index contributed by atoms with van der Waals surface area (Å²) in [4.78, 5) is 25.2. The van der Waals surface area contributed by atoms with Crippen molar-refractivity contribution in [2.45, 2.75) is 199 Å². The van der Waals surface area contributed by atoms with Gasteiger partial charge in [-0.05, 0) is 38.5 Å². The number of aliphatic hydroxyl groups is 1. The lowest BCUT2D eigenvalue weighted by molar-refractivity contribution is -0.870. The summed E-state index contributed by atoms with van der Waals surface area (Å²) < 4.78 is 23.2. The second-order valence-electron chi connectivity index (χ2n) is 15.3. The molecule has 0 fully saturated rings. The fourth-order valence-electron chi connectivity index (χ4n) is 5.92. The number of hydrogen-bond donors (Lipinski definition) is 2. The lowest BCUT2D eigenvalue weighted by atomic mass is 10.0. The van der Waals surface area contributed by atoms with E-state index in [1.165, 1.54) is 116 Å². The van der Waals surface area contributed by atoms with Crippen LogP contribution in [0, 0.1) is 0 Å². The number of nitrogens with zero attached hydrogens (tertiary/aromatic N) is 1. The summed E-state index contributed by atoms with van der Waals surface area (Å²) in [6.45, 7) is 4.68. The van der Waals surface area contributed by atoms with Crippen LogP contribution >= 0.6 is 7.82 Å². The molecule has 9 heteroatoms. The molecule has 292 valence electrons. The highest BCUT2D eigenvalue weighted by Gasteiger charge is 2.24. The van der Waals surface area contributed by atoms with Crippen molar-refractivity contribution in [1.82, 2.24) is 5.32 Å². The molecule has 0 saturated carbocycles. The molecule has 8 nitrogen and oxygen atoms in total. The van der Waals surface area contributed by atoms with Gasteiger partial charge in [0, 0.05) is 6.42 Å². The molecule has 2 N–H and O–H groups in total. The van der Waals surface area contributed by atoms with Crippen LogP contribution in [0.4, 0.5) is 0 Å². The Hall–Kier alpha value is -0.760. The Morgan fingerprint density at radius 2 is 1.12 bits per heavy atom. The van der Waals surface area contributed by atoms with Crippen molar-refractivity contribution in [3.8, 4) is 0 Å². The molecule has 1 unspecified atom stereocenters. The zero-order valence-corrected chi connectivity index (χ0v) is 33.8. The summed E-state index contributed by atoms with van der Waals surface area (Å²) >= 11 is 0. The number of phosphoric ester groups is 1. The lowest BCUT2D eigenvalue weighted by Crippen LogP contribution is -2.46. The van der Waals surface area contributed by atoms with E-state index >= 15 is 0 Å². The standard InChI is InChI=1S/C40H81N2O6P/c1-6-8-10-12-14-16-18-19-20-21-22-24-25-27-29-31-33-39(43)38(37-48-49(45,46)47-36-35-42(3,4)5)41-40(44)34-32-30-28-26-23-17-15-13-11-9-7-2/h24-25,38-39,43H,6-23,26-37H2,1-5H3,(H-,41,44,45,46)/b25-24+/t38-,39+/m0/s1. The summed E-state index contributed by atoms with van der Waals surface area (Å²) in [5, 5.41) is 13.8. The average molecular weight is 717 g/mol. The van der Waals surface area contributed by atoms with E-state index in [0.717, 1.165) is 44.9 Å². The van der Waals surface area contributed by atoms with Gasteiger partial charge in [-0.25, -0.2) is 0 Å². The van der Waals surface area contributed by atoms with Gasteiger partial charge in [-0.15, -0.1) is 0 Å². The molecule has 0 aliphatic carbocycles. The Morgan fingerprint density at radius 1 is 0.694 bits per heavy atom. The smallest absolute Gasteiger partial charge is 0.268 e. The van der Waals surface area contributed by atoms with E-state index in [1.807, 2.05) is 21.1 Å². The van der Waals surface area contributed by atoms with Crippen LogP contribution in [-0.2, 0) is 18.4 Å². The third-order valence-electron chi connectivity index (χ3n) is 9.25. The fraction of sp³-hybridized carbons (Fsp3) is 0.925. The lowest BCUT2D eigenvalue weighted by Gasteiger charge is -2.30. The molecular weight excluding hydrogens is 635 g/mol. The molecule has 0 aromatic carbocycles. The second-order valence-corrected chi connectivity index (χ2v) is 16.8. The van der Waals surface area contributed by atoms with Gasteiger partial charge in [0.1, 0.15) is 13.2 Å². The number of amides is 1. The van der Waals surface area contributed by atoms with Crippen molar-refractivity contribution in [1.29, 1.82) is 0 Å². The van der Waals surface area contributed by atoms with E-state index in [1.54, 1.807) is 0 Å². The van der Waals surface area contributed by atoms with Crippen LogP contribution in [0.3, 0.4) is 0 Å². The largest absolute Gasteiger partial charge is 0.756 e. The van der Waals surface area contributed by atoms with Gasteiger partial charge in [0.15, 0.2) is 0 Å². The first-order chi connectivity index (χ1) is 23.5. The summed E-state index contributed by atoms with van der Waals surface area (Å²) in [5.41, 5.74) is 0. The summed E-state index contributed by atoms with van der Waals surface area (Å²) in [5.74, 6) is -0.176. The minimum Gasteiger partial charge on any atom is -0.756 e. The predicted molar refractivity (Wildman–Crippen MR) is 205 cm³/mol. The van der Waals surface area contributed by atoms with Crippen molar-refractivity contribution in [3.63, 3.8) is 0 Å². The molecule has 0 spiro atoms. The van der Waals surface area contributed by atoms with Crippen LogP contribution in [0.1, 0.15) is 187 Å². The van der Waals surface area contributed by atoms with E-state index in [4.69, 9.17) is 9.05 Å². The fourth-order valence-corrected chi connectivity index (χ4v) is 6.64. The van der Waals surface area contributed by atoms with Gasteiger partial charge in [-0.1, -0.05) is 154 Å². The van der Waals surface area contributed by atoms with Crippen molar-refractivity contribution in [2.24, 2.45) is 0 Å². The number of unbranched alkanes of at least 4 members (excludes halogenated alkanes) is 22. The number of carbonyl (C=O) groups is 1. The molecule has 0 aromatic rings. The first-order valence-electron chi connectivity index (χ1n) is 20.5. The van der Waals surface area contributed by atoms with Gasteiger partial charge in [0.05, 0.1) is 39.9 Å². The minimum absolute atomic E-state index is 0.00935. The molecule has 0 aliphatic rings. The molecule has 0 heterocycles. The maximum atomic E-state index is 12.8. The van der Waals surface area contributed by atoms with Crippen molar-refractivity contribution >= 4 is 13.7 Å². The van der Waals surface area contributed by atoms with Crippen LogP contribution < -0.4 is 10.2 Å². The monoisotopic (exact) mass is 717 g/mol. The van der Waals surface area contributed by atoms with Gasteiger partial charge >= 0.3 is 0 Å². The van der Waals surface area contributed by atoms with Crippen LogP contribution in [-0.4, -0.2) is 68.5 Å². The van der Waals surface area contributed by atoms with Crippen molar-refractivity contribution < 1.29 is 32.9 Å². The number of allylic oxidation sites excluding steroid dienone is 2. The van der Waals surface area contributed by atoms with Gasteiger partial charge in [-0.2, -0.15) is 0 Å². The number of quaternary nitrogens is 1. The Bertz CT molecular complexity index is 819. The third kappa shape index (κ3) is 35.4. The summed E-state index contributed by atoms with van der Waals surface area (Å²) in [7, 11) is 1.29. The number of hydrogen-bond acceptors (Lipinski definition) is 6. The normalized spacial score (nSPS) is 14.7.